The minimum absolute atomic E-state index is 0.00460. The average molecular weight is 343 g/mol. The molecule has 2 aliphatic heterocycles. The molecule has 0 N–H and O–H groups in total. The quantitative estimate of drug-likeness (QED) is 0.829. The van der Waals surface area contributed by atoms with Gasteiger partial charge in [0.1, 0.15) is 5.75 Å². The summed E-state index contributed by atoms with van der Waals surface area (Å²) in [7, 11) is 0. The monoisotopic (exact) mass is 343 g/mol. The Morgan fingerprint density at radius 1 is 1.36 bits per heavy atom. The fraction of sp³-hybridized carbons (Fsp3) is 0.579. The minimum Gasteiger partial charge on any atom is -0.481 e. The second-order valence-corrected chi connectivity index (χ2v) is 6.84. The third-order valence-electron chi connectivity index (χ3n) is 5.02. The molecule has 2 saturated heterocycles. The topological polar surface area (TPSA) is 65.8 Å². The summed E-state index contributed by atoms with van der Waals surface area (Å²) in [6, 6.07) is 9.38. The molecule has 25 heavy (non-hydrogen) atoms. The molecule has 2 fully saturated rings. The maximum Gasteiger partial charge on any atom is 0.263 e. The van der Waals surface area contributed by atoms with Gasteiger partial charge in [0.15, 0.2) is 6.10 Å². The lowest BCUT2D eigenvalue weighted by Gasteiger charge is -2.34. The zero-order valence-corrected chi connectivity index (χ0v) is 14.9. The van der Waals surface area contributed by atoms with Crippen molar-refractivity contribution in [3.63, 3.8) is 0 Å². The van der Waals surface area contributed by atoms with Crippen molar-refractivity contribution < 1.29 is 14.3 Å². The number of benzene rings is 1. The van der Waals surface area contributed by atoms with Gasteiger partial charge in [-0.15, -0.1) is 0 Å². The molecule has 2 aliphatic rings. The molecule has 1 aromatic carbocycles. The fourth-order valence-corrected chi connectivity index (χ4v) is 3.66. The number of carbonyl (C=O) groups excluding carboxylic acids is 1. The van der Waals surface area contributed by atoms with E-state index in [9.17, 15) is 4.79 Å². The number of nitriles is 1. The van der Waals surface area contributed by atoms with Crippen molar-refractivity contribution in [3.8, 4) is 11.8 Å². The van der Waals surface area contributed by atoms with E-state index in [-0.39, 0.29) is 5.91 Å². The zero-order valence-electron chi connectivity index (χ0n) is 14.9. The molecular formula is C19H25N3O3. The van der Waals surface area contributed by atoms with Gasteiger partial charge in [0, 0.05) is 32.2 Å². The Morgan fingerprint density at radius 2 is 2.12 bits per heavy atom. The zero-order chi connectivity index (χ0) is 17.8. The molecule has 6 heteroatoms. The number of likely N-dealkylation sites (tertiary alicyclic amines) is 1. The molecule has 2 heterocycles. The second kappa shape index (κ2) is 7.85. The first-order chi connectivity index (χ1) is 12.1. The molecule has 0 bridgehead atoms. The molecule has 0 spiro atoms. The van der Waals surface area contributed by atoms with E-state index in [0.29, 0.717) is 23.3 Å². The van der Waals surface area contributed by atoms with E-state index in [1.54, 1.807) is 31.2 Å². The SMILES string of the molecule is C[C@H](Oc1cccc(C#N)c1)C(=O)N1C[C@H](C)[C@@H](N2CCOCC2)C1. The van der Waals surface area contributed by atoms with Crippen molar-refractivity contribution in [2.45, 2.75) is 26.0 Å². The Labute approximate surface area is 148 Å². The Balaban J connectivity index is 1.59. The largest absolute Gasteiger partial charge is 0.481 e. The smallest absolute Gasteiger partial charge is 0.263 e. The van der Waals surface area contributed by atoms with Crippen molar-refractivity contribution in [1.29, 1.82) is 5.26 Å². The van der Waals surface area contributed by atoms with Gasteiger partial charge in [0.2, 0.25) is 0 Å². The van der Waals surface area contributed by atoms with E-state index in [0.717, 1.165) is 39.4 Å². The molecule has 6 nitrogen and oxygen atoms in total. The average Bonchev–Trinajstić information content (AvgIpc) is 3.03. The lowest BCUT2D eigenvalue weighted by Crippen LogP contribution is -2.47. The highest BCUT2D eigenvalue weighted by Gasteiger charge is 2.38. The second-order valence-electron chi connectivity index (χ2n) is 6.84. The predicted molar refractivity (Wildman–Crippen MR) is 93.2 cm³/mol. The number of hydrogen-bond acceptors (Lipinski definition) is 5. The van der Waals surface area contributed by atoms with Gasteiger partial charge in [0.05, 0.1) is 24.8 Å². The first-order valence-corrected chi connectivity index (χ1v) is 8.86. The molecule has 0 saturated carbocycles. The first-order valence-electron chi connectivity index (χ1n) is 8.86. The predicted octanol–water partition coefficient (Wildman–Crippen LogP) is 1.50. The van der Waals surface area contributed by atoms with Gasteiger partial charge in [-0.25, -0.2) is 0 Å². The molecular weight excluding hydrogens is 318 g/mol. The van der Waals surface area contributed by atoms with Gasteiger partial charge in [0.25, 0.3) is 5.91 Å². The van der Waals surface area contributed by atoms with Crippen LogP contribution in [0.3, 0.4) is 0 Å². The molecule has 0 aromatic heterocycles. The standard InChI is InChI=1S/C19H25N3O3/c1-14-12-22(13-18(14)21-6-8-24-9-7-21)19(23)15(2)25-17-5-3-4-16(10-17)11-20/h3-5,10,14-15,18H,6-9,12-13H2,1-2H3/t14-,15-,18-/m0/s1. The van der Waals surface area contributed by atoms with Crippen molar-refractivity contribution in [1.82, 2.24) is 9.80 Å². The Kier molecular flexibility index (Phi) is 5.57. The third kappa shape index (κ3) is 4.12. The summed E-state index contributed by atoms with van der Waals surface area (Å²) in [5.41, 5.74) is 0.527. The Hall–Kier alpha value is -2.10. The summed E-state index contributed by atoms with van der Waals surface area (Å²) in [6.07, 6.45) is -0.565. The molecule has 3 rings (SSSR count). The Bertz CT molecular complexity index is 652. The maximum atomic E-state index is 12.8. The molecule has 3 atom stereocenters. The van der Waals surface area contributed by atoms with E-state index in [1.807, 2.05) is 4.90 Å². The first kappa shape index (κ1) is 17.7. The molecule has 1 amide bonds. The van der Waals surface area contributed by atoms with Crippen LogP contribution in [0.15, 0.2) is 24.3 Å². The normalized spacial score (nSPS) is 25.4. The van der Waals surface area contributed by atoms with Crippen LogP contribution >= 0.6 is 0 Å². The number of carbonyl (C=O) groups is 1. The maximum absolute atomic E-state index is 12.8. The van der Waals surface area contributed by atoms with Gasteiger partial charge in [-0.3, -0.25) is 9.69 Å². The number of morpholine rings is 1. The third-order valence-corrected chi connectivity index (χ3v) is 5.02. The van der Waals surface area contributed by atoms with E-state index >= 15 is 0 Å². The summed E-state index contributed by atoms with van der Waals surface area (Å²) in [4.78, 5) is 17.1. The van der Waals surface area contributed by atoms with Crippen LogP contribution in [-0.4, -0.2) is 67.2 Å². The summed E-state index contributed by atoms with van der Waals surface area (Å²) in [5.74, 6) is 0.998. The minimum atomic E-state index is -0.565. The summed E-state index contributed by atoms with van der Waals surface area (Å²) < 4.78 is 11.2. The van der Waals surface area contributed by atoms with Gasteiger partial charge in [-0.05, 0) is 31.0 Å². The lowest BCUT2D eigenvalue weighted by molar-refractivity contribution is -0.137. The van der Waals surface area contributed by atoms with Gasteiger partial charge < -0.3 is 14.4 Å². The lowest BCUT2D eigenvalue weighted by atomic mass is 10.0. The van der Waals surface area contributed by atoms with Crippen LogP contribution in [0.1, 0.15) is 19.4 Å². The number of nitrogens with zero attached hydrogens (tertiary/aromatic N) is 3. The van der Waals surface area contributed by atoms with Crippen LogP contribution in [0.25, 0.3) is 0 Å². The highest BCUT2D eigenvalue weighted by atomic mass is 16.5. The van der Waals surface area contributed by atoms with Crippen LogP contribution in [0, 0.1) is 17.2 Å². The van der Waals surface area contributed by atoms with E-state index in [1.165, 1.54) is 0 Å². The Morgan fingerprint density at radius 3 is 2.84 bits per heavy atom. The summed E-state index contributed by atoms with van der Waals surface area (Å²) in [6.45, 7) is 8.88. The van der Waals surface area contributed by atoms with Crippen LogP contribution < -0.4 is 4.74 Å². The summed E-state index contributed by atoms with van der Waals surface area (Å²) >= 11 is 0. The number of hydrogen-bond donors (Lipinski definition) is 0. The van der Waals surface area contributed by atoms with Crippen molar-refractivity contribution in [2.75, 3.05) is 39.4 Å². The van der Waals surface area contributed by atoms with Crippen LogP contribution in [0.2, 0.25) is 0 Å². The fourth-order valence-electron chi connectivity index (χ4n) is 3.66. The van der Waals surface area contributed by atoms with E-state index in [2.05, 4.69) is 17.9 Å². The number of rotatable bonds is 4. The van der Waals surface area contributed by atoms with E-state index < -0.39 is 6.10 Å². The molecule has 0 unspecified atom stereocenters. The van der Waals surface area contributed by atoms with Crippen LogP contribution in [-0.2, 0) is 9.53 Å². The highest BCUT2D eigenvalue weighted by molar-refractivity contribution is 5.81. The van der Waals surface area contributed by atoms with Crippen molar-refractivity contribution >= 4 is 5.91 Å². The van der Waals surface area contributed by atoms with Gasteiger partial charge in [-0.1, -0.05) is 13.0 Å². The highest BCUT2D eigenvalue weighted by Crippen LogP contribution is 2.24. The molecule has 0 radical (unpaired) electrons. The van der Waals surface area contributed by atoms with Crippen molar-refractivity contribution in [2.24, 2.45) is 5.92 Å². The molecule has 1 aromatic rings. The van der Waals surface area contributed by atoms with Gasteiger partial charge in [-0.2, -0.15) is 5.26 Å². The van der Waals surface area contributed by atoms with Crippen LogP contribution in [0.5, 0.6) is 5.75 Å². The van der Waals surface area contributed by atoms with Gasteiger partial charge >= 0.3 is 0 Å². The molecule has 134 valence electrons. The molecule has 0 aliphatic carbocycles. The van der Waals surface area contributed by atoms with Crippen LogP contribution in [0.4, 0.5) is 0 Å². The number of amides is 1. The number of ether oxygens (including phenoxy) is 2. The van der Waals surface area contributed by atoms with E-state index in [4.69, 9.17) is 14.7 Å². The van der Waals surface area contributed by atoms with Crippen molar-refractivity contribution in [3.05, 3.63) is 29.8 Å². The summed E-state index contributed by atoms with van der Waals surface area (Å²) in [5, 5.41) is 8.97.